The molecule has 1 heterocycles. The molecule has 0 aliphatic rings. The number of hydrogen-bond donors (Lipinski definition) is 0. The zero-order chi connectivity index (χ0) is 18.1. The lowest BCUT2D eigenvalue weighted by atomic mass is 10.2. The molecule has 2 amide bonds. The van der Waals surface area contributed by atoms with Crippen molar-refractivity contribution in [3.8, 4) is 0 Å². The van der Waals surface area contributed by atoms with E-state index >= 15 is 0 Å². The average molecular weight is 339 g/mol. The van der Waals surface area contributed by atoms with Crippen molar-refractivity contribution in [2.45, 2.75) is 33.4 Å². The highest BCUT2D eigenvalue weighted by atomic mass is 16.2. The molecule has 0 bridgehead atoms. The fourth-order valence-electron chi connectivity index (χ4n) is 2.60. The molecule has 1 aromatic carbocycles. The minimum Gasteiger partial charge on any atom is -0.339 e. The molecule has 5 nitrogen and oxygen atoms in total. The minimum atomic E-state index is -0.0513. The molecule has 0 saturated carbocycles. The van der Waals surface area contributed by atoms with Crippen LogP contribution in [0.2, 0.25) is 0 Å². The van der Waals surface area contributed by atoms with Crippen LogP contribution in [0.3, 0.4) is 0 Å². The normalized spacial score (nSPS) is 10.3. The van der Waals surface area contributed by atoms with Crippen molar-refractivity contribution in [3.63, 3.8) is 0 Å². The molecule has 0 N–H and O–H groups in total. The van der Waals surface area contributed by atoms with Gasteiger partial charge in [0.2, 0.25) is 11.8 Å². The fourth-order valence-corrected chi connectivity index (χ4v) is 2.60. The minimum absolute atomic E-state index is 0.0513. The monoisotopic (exact) mass is 339 g/mol. The van der Waals surface area contributed by atoms with Crippen molar-refractivity contribution in [1.29, 1.82) is 0 Å². The summed E-state index contributed by atoms with van der Waals surface area (Å²) in [5, 5.41) is 0. The Bertz CT molecular complexity index is 674. The van der Waals surface area contributed by atoms with Crippen LogP contribution >= 0.6 is 0 Å². The second-order valence-corrected chi connectivity index (χ2v) is 5.91. The van der Waals surface area contributed by atoms with Gasteiger partial charge in [-0.3, -0.25) is 14.6 Å². The van der Waals surface area contributed by atoms with Gasteiger partial charge < -0.3 is 9.80 Å². The molecule has 0 spiro atoms. The average Bonchev–Trinajstić information content (AvgIpc) is 2.64. The van der Waals surface area contributed by atoms with Gasteiger partial charge in [0.05, 0.1) is 12.2 Å². The maximum atomic E-state index is 12.5. The Kier molecular flexibility index (Phi) is 7.14. The van der Waals surface area contributed by atoms with E-state index in [-0.39, 0.29) is 11.8 Å². The Balaban J connectivity index is 1.91. The molecule has 0 atom stereocenters. The second-order valence-electron chi connectivity index (χ2n) is 5.91. The molecule has 0 fully saturated rings. The first-order valence-corrected chi connectivity index (χ1v) is 8.57. The van der Waals surface area contributed by atoms with E-state index in [1.54, 1.807) is 11.1 Å². The first-order valence-electron chi connectivity index (χ1n) is 8.57. The Morgan fingerprint density at radius 2 is 1.68 bits per heavy atom. The summed E-state index contributed by atoms with van der Waals surface area (Å²) in [6.07, 6.45) is 2.02. The summed E-state index contributed by atoms with van der Waals surface area (Å²) in [4.78, 5) is 32.1. The molecule has 0 unspecified atom stereocenters. The van der Waals surface area contributed by atoms with Crippen molar-refractivity contribution in [2.75, 3.05) is 13.1 Å². The molecule has 0 radical (unpaired) electrons. The maximum Gasteiger partial charge on any atom is 0.224 e. The van der Waals surface area contributed by atoms with Crippen LogP contribution in [-0.4, -0.2) is 39.7 Å². The molecule has 1 aromatic heterocycles. The number of rotatable bonds is 8. The van der Waals surface area contributed by atoms with Crippen LogP contribution in [0.1, 0.15) is 31.5 Å². The number of aromatic nitrogens is 1. The standard InChI is InChI=1S/C20H25N3O2/c1-3-22(15-18-9-5-4-6-10-18)20(25)12-14-23(17(2)24)16-19-11-7-8-13-21-19/h4-11,13H,3,12,14-16H2,1-2H3. The van der Waals surface area contributed by atoms with E-state index in [4.69, 9.17) is 0 Å². The summed E-state index contributed by atoms with van der Waals surface area (Å²) >= 11 is 0. The number of benzene rings is 1. The summed E-state index contributed by atoms with van der Waals surface area (Å²) < 4.78 is 0. The quantitative estimate of drug-likeness (QED) is 0.743. The Morgan fingerprint density at radius 3 is 2.28 bits per heavy atom. The van der Waals surface area contributed by atoms with Crippen LogP contribution in [0.5, 0.6) is 0 Å². The van der Waals surface area contributed by atoms with Crippen LogP contribution in [0.25, 0.3) is 0 Å². The van der Waals surface area contributed by atoms with Crippen molar-refractivity contribution < 1.29 is 9.59 Å². The maximum absolute atomic E-state index is 12.5. The highest BCUT2D eigenvalue weighted by molar-refractivity contribution is 5.78. The van der Waals surface area contributed by atoms with Gasteiger partial charge in [-0.2, -0.15) is 0 Å². The second kappa shape index (κ2) is 9.57. The van der Waals surface area contributed by atoms with Crippen LogP contribution in [0, 0.1) is 0 Å². The Morgan fingerprint density at radius 1 is 0.960 bits per heavy atom. The third-order valence-corrected chi connectivity index (χ3v) is 4.07. The van der Waals surface area contributed by atoms with E-state index in [9.17, 15) is 9.59 Å². The fraction of sp³-hybridized carbons (Fsp3) is 0.350. The molecule has 0 aliphatic heterocycles. The zero-order valence-electron chi connectivity index (χ0n) is 14.9. The van der Waals surface area contributed by atoms with E-state index in [1.165, 1.54) is 6.92 Å². The molecule has 25 heavy (non-hydrogen) atoms. The van der Waals surface area contributed by atoms with Crippen molar-refractivity contribution in [1.82, 2.24) is 14.8 Å². The lowest BCUT2D eigenvalue weighted by molar-refractivity contribution is -0.134. The molecule has 2 aromatic rings. The number of carbonyl (C=O) groups excluding carboxylic acids is 2. The van der Waals surface area contributed by atoms with Gasteiger partial charge in [0.1, 0.15) is 0 Å². The molecule has 5 heteroatoms. The van der Waals surface area contributed by atoms with Gasteiger partial charge in [0.25, 0.3) is 0 Å². The highest BCUT2D eigenvalue weighted by Gasteiger charge is 2.16. The van der Waals surface area contributed by atoms with E-state index in [1.807, 2.05) is 60.4 Å². The first-order chi connectivity index (χ1) is 12.1. The van der Waals surface area contributed by atoms with Gasteiger partial charge in [-0.1, -0.05) is 36.4 Å². The third-order valence-electron chi connectivity index (χ3n) is 4.07. The van der Waals surface area contributed by atoms with Gasteiger partial charge in [-0.05, 0) is 24.6 Å². The summed E-state index contributed by atoms with van der Waals surface area (Å²) in [5.41, 5.74) is 1.93. The van der Waals surface area contributed by atoms with Crippen molar-refractivity contribution in [3.05, 3.63) is 66.0 Å². The Hall–Kier alpha value is -2.69. The number of amides is 2. The summed E-state index contributed by atoms with van der Waals surface area (Å²) in [6.45, 7) is 5.56. The van der Waals surface area contributed by atoms with Crippen molar-refractivity contribution in [2.24, 2.45) is 0 Å². The Labute approximate surface area is 149 Å². The third kappa shape index (κ3) is 6.03. The van der Waals surface area contributed by atoms with Gasteiger partial charge in [0.15, 0.2) is 0 Å². The van der Waals surface area contributed by atoms with Crippen LogP contribution < -0.4 is 0 Å². The number of pyridine rings is 1. The molecule has 132 valence electrons. The van der Waals surface area contributed by atoms with Crippen LogP contribution in [0.15, 0.2) is 54.7 Å². The predicted molar refractivity (Wildman–Crippen MR) is 97.5 cm³/mol. The number of carbonyl (C=O) groups is 2. The van der Waals surface area contributed by atoms with E-state index in [2.05, 4.69) is 4.98 Å². The molecule has 0 aliphatic carbocycles. The smallest absolute Gasteiger partial charge is 0.224 e. The van der Waals surface area contributed by atoms with Gasteiger partial charge >= 0.3 is 0 Å². The van der Waals surface area contributed by atoms with Crippen LogP contribution in [0.4, 0.5) is 0 Å². The van der Waals surface area contributed by atoms with Crippen molar-refractivity contribution >= 4 is 11.8 Å². The number of nitrogens with zero attached hydrogens (tertiary/aromatic N) is 3. The predicted octanol–water partition coefficient (Wildman–Crippen LogP) is 2.87. The summed E-state index contributed by atoms with van der Waals surface area (Å²) in [5.74, 6) is 0.00295. The van der Waals surface area contributed by atoms with E-state index in [0.29, 0.717) is 32.6 Å². The van der Waals surface area contributed by atoms with Gasteiger partial charge in [-0.15, -0.1) is 0 Å². The lowest BCUT2D eigenvalue weighted by Crippen LogP contribution is -2.36. The van der Waals surface area contributed by atoms with Gasteiger partial charge in [-0.25, -0.2) is 0 Å². The first kappa shape index (κ1) is 18.6. The molecular formula is C20H25N3O2. The molecular weight excluding hydrogens is 314 g/mol. The van der Waals surface area contributed by atoms with Crippen LogP contribution in [-0.2, 0) is 22.7 Å². The lowest BCUT2D eigenvalue weighted by Gasteiger charge is -2.24. The summed E-state index contributed by atoms with van der Waals surface area (Å²) in [7, 11) is 0. The number of hydrogen-bond acceptors (Lipinski definition) is 3. The molecule has 0 saturated heterocycles. The van der Waals surface area contributed by atoms with E-state index < -0.39 is 0 Å². The largest absolute Gasteiger partial charge is 0.339 e. The molecule has 2 rings (SSSR count). The zero-order valence-corrected chi connectivity index (χ0v) is 14.9. The van der Waals surface area contributed by atoms with Gasteiger partial charge in [0, 0.05) is 39.2 Å². The van der Waals surface area contributed by atoms with E-state index in [0.717, 1.165) is 11.3 Å². The summed E-state index contributed by atoms with van der Waals surface area (Å²) in [6, 6.07) is 15.5. The highest BCUT2D eigenvalue weighted by Crippen LogP contribution is 2.08. The topological polar surface area (TPSA) is 53.5 Å². The SMILES string of the molecule is CCN(Cc1ccccc1)C(=O)CCN(Cc1ccccn1)C(C)=O.